The smallest absolute Gasteiger partial charge is 0.255 e. The molecule has 1 aliphatic rings. The Morgan fingerprint density at radius 2 is 1.93 bits per heavy atom. The summed E-state index contributed by atoms with van der Waals surface area (Å²) in [6.07, 6.45) is 0.881. The maximum Gasteiger partial charge on any atom is 0.255 e. The van der Waals surface area contributed by atoms with E-state index < -0.39 is 6.04 Å². The lowest BCUT2D eigenvalue weighted by molar-refractivity contribution is -0.113. The van der Waals surface area contributed by atoms with Crippen molar-refractivity contribution in [3.05, 3.63) is 70.9 Å². The number of carbonyl (C=O) groups excluding carboxylic acids is 1. The van der Waals surface area contributed by atoms with Crippen LogP contribution in [-0.4, -0.2) is 32.7 Å². The van der Waals surface area contributed by atoms with Gasteiger partial charge in [-0.15, -0.1) is 0 Å². The molecule has 2 N–H and O–H groups in total. The van der Waals surface area contributed by atoms with Crippen molar-refractivity contribution in [3.8, 4) is 5.75 Å². The van der Waals surface area contributed by atoms with Crippen LogP contribution in [0.25, 0.3) is 0 Å². The molecule has 2 heterocycles. The van der Waals surface area contributed by atoms with Crippen molar-refractivity contribution in [2.45, 2.75) is 33.2 Å². The average molecular weight is 404 g/mol. The van der Waals surface area contributed by atoms with Gasteiger partial charge in [0.15, 0.2) is 0 Å². The summed E-state index contributed by atoms with van der Waals surface area (Å²) in [5, 5.41) is 18.2. The van der Waals surface area contributed by atoms with Crippen molar-refractivity contribution in [2.75, 3.05) is 17.2 Å². The summed E-state index contributed by atoms with van der Waals surface area (Å²) >= 11 is 0. The molecule has 1 aliphatic heterocycles. The summed E-state index contributed by atoms with van der Waals surface area (Å²) in [4.78, 5) is 13.4. The van der Waals surface area contributed by atoms with E-state index in [1.807, 2.05) is 62.4 Å². The van der Waals surface area contributed by atoms with Crippen molar-refractivity contribution in [1.29, 1.82) is 0 Å². The summed E-state index contributed by atoms with van der Waals surface area (Å²) in [5.74, 6) is 0.975. The van der Waals surface area contributed by atoms with Gasteiger partial charge in [0.2, 0.25) is 5.95 Å². The predicted octanol–water partition coefficient (Wildman–Crippen LogP) is 3.70. The zero-order valence-corrected chi connectivity index (χ0v) is 17.2. The fourth-order valence-corrected chi connectivity index (χ4v) is 3.55. The number of hydrogen-bond acceptors (Lipinski definition) is 6. The van der Waals surface area contributed by atoms with Crippen molar-refractivity contribution in [1.82, 2.24) is 20.2 Å². The van der Waals surface area contributed by atoms with E-state index in [1.165, 1.54) is 0 Å². The number of benzene rings is 2. The van der Waals surface area contributed by atoms with Gasteiger partial charge in [0, 0.05) is 16.9 Å². The zero-order valence-electron chi connectivity index (χ0n) is 17.2. The number of carbonyl (C=O) groups is 1. The number of para-hydroxylation sites is 2. The molecule has 0 saturated carbocycles. The van der Waals surface area contributed by atoms with Crippen LogP contribution in [0.5, 0.6) is 5.75 Å². The number of nitrogens with one attached hydrogen (secondary N) is 2. The number of hydrogen-bond donors (Lipinski definition) is 2. The van der Waals surface area contributed by atoms with E-state index in [0.29, 0.717) is 29.6 Å². The molecule has 8 heteroatoms. The van der Waals surface area contributed by atoms with Crippen molar-refractivity contribution >= 4 is 17.5 Å². The number of amides is 1. The van der Waals surface area contributed by atoms with Gasteiger partial charge in [-0.05, 0) is 48.4 Å². The second-order valence-electron chi connectivity index (χ2n) is 7.17. The van der Waals surface area contributed by atoms with Crippen LogP contribution in [0.4, 0.5) is 11.6 Å². The van der Waals surface area contributed by atoms with Gasteiger partial charge in [-0.25, -0.2) is 0 Å². The normalized spacial score (nSPS) is 15.4. The Hall–Kier alpha value is -3.68. The van der Waals surface area contributed by atoms with Crippen molar-refractivity contribution in [2.24, 2.45) is 0 Å². The molecular formula is C22H24N6O2. The minimum atomic E-state index is -0.520. The van der Waals surface area contributed by atoms with Crippen LogP contribution in [0, 0.1) is 6.92 Å². The first-order valence-electron chi connectivity index (χ1n) is 9.94. The maximum atomic E-state index is 13.4. The molecule has 0 saturated heterocycles. The molecule has 2 aromatic carbocycles. The molecule has 0 aliphatic carbocycles. The number of tetrazole rings is 1. The summed E-state index contributed by atoms with van der Waals surface area (Å²) in [5.41, 5.74) is 3.80. The van der Waals surface area contributed by atoms with Gasteiger partial charge in [-0.2, -0.15) is 4.68 Å². The minimum absolute atomic E-state index is 0.217. The lowest BCUT2D eigenvalue weighted by Crippen LogP contribution is -2.32. The Morgan fingerprint density at radius 3 is 2.73 bits per heavy atom. The Morgan fingerprint density at radius 1 is 1.17 bits per heavy atom. The molecule has 8 nitrogen and oxygen atoms in total. The van der Waals surface area contributed by atoms with E-state index in [0.717, 1.165) is 23.2 Å². The van der Waals surface area contributed by atoms with Gasteiger partial charge in [0.1, 0.15) is 11.8 Å². The summed E-state index contributed by atoms with van der Waals surface area (Å²) in [6, 6.07) is 14.8. The van der Waals surface area contributed by atoms with Crippen molar-refractivity contribution in [3.63, 3.8) is 0 Å². The summed E-state index contributed by atoms with van der Waals surface area (Å²) in [6.45, 7) is 6.45. The fraction of sp³-hybridized carbons (Fsp3) is 0.273. The van der Waals surface area contributed by atoms with Gasteiger partial charge in [0.05, 0.1) is 12.2 Å². The van der Waals surface area contributed by atoms with Crippen LogP contribution in [0.3, 0.4) is 0 Å². The molecule has 0 bridgehead atoms. The van der Waals surface area contributed by atoms with E-state index in [2.05, 4.69) is 33.1 Å². The lowest BCUT2D eigenvalue weighted by Gasteiger charge is -2.29. The molecule has 0 spiro atoms. The SMILES string of the molecule is CCCOc1ccccc1[C@@H]1C(C(=O)Nc2ccccc2C)=C(C)Nc2nnnn21. The maximum absolute atomic E-state index is 13.4. The number of aromatic nitrogens is 4. The third-order valence-corrected chi connectivity index (χ3v) is 5.03. The Balaban J connectivity index is 1.79. The number of fused-ring (bicyclic) bond motifs is 1. The number of rotatable bonds is 6. The van der Waals surface area contributed by atoms with Crippen LogP contribution >= 0.6 is 0 Å². The quantitative estimate of drug-likeness (QED) is 0.651. The molecule has 0 unspecified atom stereocenters. The molecule has 30 heavy (non-hydrogen) atoms. The van der Waals surface area contributed by atoms with Crippen LogP contribution < -0.4 is 15.4 Å². The van der Waals surface area contributed by atoms with Crippen molar-refractivity contribution < 1.29 is 9.53 Å². The van der Waals surface area contributed by atoms with Gasteiger partial charge < -0.3 is 15.4 Å². The second-order valence-corrected chi connectivity index (χ2v) is 7.17. The van der Waals surface area contributed by atoms with E-state index >= 15 is 0 Å². The monoisotopic (exact) mass is 404 g/mol. The van der Waals surface area contributed by atoms with Gasteiger partial charge in [-0.3, -0.25) is 4.79 Å². The molecule has 1 aromatic heterocycles. The lowest BCUT2D eigenvalue weighted by atomic mass is 9.94. The number of nitrogens with zero attached hydrogens (tertiary/aromatic N) is 4. The standard InChI is InChI=1S/C22H24N6O2/c1-4-13-30-18-12-8-6-10-16(18)20-19(15(3)23-22-25-26-27-28(20)22)21(29)24-17-11-7-5-9-14(17)2/h5-12,20H,4,13H2,1-3H3,(H,24,29)(H,23,25,27)/t20-/m1/s1. The van der Waals surface area contributed by atoms with Crippen LogP contribution in [-0.2, 0) is 4.79 Å². The van der Waals surface area contributed by atoms with Crippen LogP contribution in [0.15, 0.2) is 59.8 Å². The van der Waals surface area contributed by atoms with Crippen LogP contribution in [0.2, 0.25) is 0 Å². The van der Waals surface area contributed by atoms with Crippen LogP contribution in [0.1, 0.15) is 37.4 Å². The van der Waals surface area contributed by atoms with E-state index in [9.17, 15) is 4.79 Å². The highest BCUT2D eigenvalue weighted by Crippen LogP contribution is 2.39. The molecule has 3 aromatic rings. The Kier molecular flexibility index (Phi) is 5.47. The highest BCUT2D eigenvalue weighted by Gasteiger charge is 2.35. The number of ether oxygens (including phenoxy) is 1. The third kappa shape index (κ3) is 3.63. The number of allylic oxidation sites excluding steroid dienone is 1. The molecule has 0 fully saturated rings. The van der Waals surface area contributed by atoms with E-state index in [1.54, 1.807) is 4.68 Å². The average Bonchev–Trinajstić information content (AvgIpc) is 3.21. The fourth-order valence-electron chi connectivity index (χ4n) is 3.55. The zero-order chi connectivity index (χ0) is 21.1. The highest BCUT2D eigenvalue weighted by molar-refractivity contribution is 6.06. The molecule has 1 atom stereocenters. The molecule has 1 amide bonds. The van der Waals surface area contributed by atoms with Gasteiger partial charge in [0.25, 0.3) is 5.91 Å². The molecule has 154 valence electrons. The van der Waals surface area contributed by atoms with E-state index in [4.69, 9.17) is 4.74 Å². The molecular weight excluding hydrogens is 380 g/mol. The van der Waals surface area contributed by atoms with Gasteiger partial charge >= 0.3 is 0 Å². The Labute approximate surface area is 174 Å². The van der Waals surface area contributed by atoms with E-state index in [-0.39, 0.29) is 5.91 Å². The first kappa shape index (κ1) is 19.6. The highest BCUT2D eigenvalue weighted by atomic mass is 16.5. The first-order chi connectivity index (χ1) is 14.6. The molecule has 4 rings (SSSR count). The Bertz CT molecular complexity index is 1100. The van der Waals surface area contributed by atoms with Gasteiger partial charge in [-0.1, -0.05) is 48.4 Å². The largest absolute Gasteiger partial charge is 0.493 e. The second kappa shape index (κ2) is 8.36. The first-order valence-corrected chi connectivity index (χ1v) is 9.94. The number of anilines is 2. The third-order valence-electron chi connectivity index (χ3n) is 5.03. The minimum Gasteiger partial charge on any atom is -0.493 e. The molecule has 0 radical (unpaired) electrons. The predicted molar refractivity (Wildman–Crippen MR) is 114 cm³/mol. The summed E-state index contributed by atoms with van der Waals surface area (Å²) in [7, 11) is 0. The number of aryl methyl sites for hydroxylation is 1. The summed E-state index contributed by atoms with van der Waals surface area (Å²) < 4.78 is 7.59. The topological polar surface area (TPSA) is 94.0 Å².